The molecule has 1 radical (unpaired) electrons. The van der Waals surface area contributed by atoms with Gasteiger partial charge in [-0.05, 0) is 25.8 Å². The molecular weight excluding hydrogens is 136 g/mol. The Bertz CT molecular complexity index is 220. The van der Waals surface area contributed by atoms with E-state index < -0.39 is 0 Å². The molecule has 11 heavy (non-hydrogen) atoms. The average molecular weight is 149 g/mol. The number of hydrogen-bond acceptors (Lipinski definition) is 0. The Labute approximate surface area is 67.7 Å². The summed E-state index contributed by atoms with van der Waals surface area (Å²) in [5, 5.41) is 10.3. The van der Waals surface area contributed by atoms with Crippen molar-refractivity contribution in [3.8, 4) is 0 Å². The van der Waals surface area contributed by atoms with Gasteiger partial charge < -0.3 is 0 Å². The maximum Gasteiger partial charge on any atom is 0.0862 e. The second-order valence-corrected chi connectivity index (χ2v) is 2.95. The molecule has 0 aromatic heterocycles. The van der Waals surface area contributed by atoms with Crippen LogP contribution in [0.15, 0.2) is 18.2 Å². The van der Waals surface area contributed by atoms with Gasteiger partial charge in [0.25, 0.3) is 0 Å². The molecule has 0 atom stereocenters. The van der Waals surface area contributed by atoms with E-state index in [1.165, 1.54) is 11.1 Å². The van der Waals surface area contributed by atoms with Gasteiger partial charge in [-0.25, -0.2) is 5.11 Å². The van der Waals surface area contributed by atoms with Crippen LogP contribution in [0.4, 0.5) is 0 Å². The summed E-state index contributed by atoms with van der Waals surface area (Å²) < 4.78 is 0. The summed E-state index contributed by atoms with van der Waals surface area (Å²) in [6.45, 7) is 4.10. The molecule has 0 heterocycles. The van der Waals surface area contributed by atoms with Gasteiger partial charge in [0.05, 0.1) is 6.61 Å². The highest BCUT2D eigenvalue weighted by atomic mass is 16.2. The molecule has 1 aromatic rings. The van der Waals surface area contributed by atoms with Crippen molar-refractivity contribution < 1.29 is 5.11 Å². The molecule has 0 aliphatic carbocycles. The first-order valence-corrected chi connectivity index (χ1v) is 3.87. The standard InChI is InChI=1S/C10H13O/c1-8-5-9(2)7-10(6-8)3-4-11/h5-7H,3-4H2,1-2H3. The third-order valence-corrected chi connectivity index (χ3v) is 1.67. The van der Waals surface area contributed by atoms with Gasteiger partial charge in [0, 0.05) is 0 Å². The highest BCUT2D eigenvalue weighted by Gasteiger charge is 1.94. The molecule has 0 unspecified atom stereocenters. The summed E-state index contributed by atoms with van der Waals surface area (Å²) in [5.74, 6) is 0. The Balaban J connectivity index is 2.89. The van der Waals surface area contributed by atoms with Crippen molar-refractivity contribution in [2.45, 2.75) is 20.3 Å². The maximum atomic E-state index is 10.3. The van der Waals surface area contributed by atoms with E-state index in [0.29, 0.717) is 6.42 Å². The maximum absolute atomic E-state index is 10.3. The fraction of sp³-hybridized carbons (Fsp3) is 0.400. The summed E-state index contributed by atoms with van der Waals surface area (Å²) in [5.41, 5.74) is 3.65. The zero-order valence-corrected chi connectivity index (χ0v) is 7.05. The highest BCUT2D eigenvalue weighted by Crippen LogP contribution is 2.08. The lowest BCUT2D eigenvalue weighted by atomic mass is 10.1. The van der Waals surface area contributed by atoms with E-state index in [2.05, 4.69) is 32.0 Å². The van der Waals surface area contributed by atoms with Crippen molar-refractivity contribution in [2.24, 2.45) is 0 Å². The van der Waals surface area contributed by atoms with Crippen LogP contribution in [-0.2, 0) is 11.5 Å². The zero-order valence-electron chi connectivity index (χ0n) is 7.05. The Hall–Kier alpha value is -0.820. The fourth-order valence-electron chi connectivity index (χ4n) is 1.33. The first-order chi connectivity index (χ1) is 5.22. The van der Waals surface area contributed by atoms with Gasteiger partial charge in [-0.1, -0.05) is 29.3 Å². The van der Waals surface area contributed by atoms with Crippen molar-refractivity contribution in [3.63, 3.8) is 0 Å². The Morgan fingerprint density at radius 1 is 1.09 bits per heavy atom. The van der Waals surface area contributed by atoms with Crippen molar-refractivity contribution in [3.05, 3.63) is 34.9 Å². The topological polar surface area (TPSA) is 19.9 Å². The van der Waals surface area contributed by atoms with Gasteiger partial charge in [0.2, 0.25) is 0 Å². The van der Waals surface area contributed by atoms with Crippen LogP contribution in [0.3, 0.4) is 0 Å². The van der Waals surface area contributed by atoms with Crippen LogP contribution in [0.5, 0.6) is 0 Å². The third kappa shape index (κ3) is 2.35. The van der Waals surface area contributed by atoms with Crippen LogP contribution in [0, 0.1) is 13.8 Å². The first kappa shape index (κ1) is 8.28. The lowest BCUT2D eigenvalue weighted by Crippen LogP contribution is -1.90. The summed E-state index contributed by atoms with van der Waals surface area (Å²) in [6, 6.07) is 6.27. The fourth-order valence-corrected chi connectivity index (χ4v) is 1.33. The minimum Gasteiger partial charge on any atom is -0.236 e. The molecule has 0 amide bonds. The van der Waals surface area contributed by atoms with Gasteiger partial charge in [-0.3, -0.25) is 0 Å². The molecule has 1 heteroatoms. The molecular formula is C10H13O. The van der Waals surface area contributed by atoms with Gasteiger partial charge in [-0.15, -0.1) is 0 Å². The summed E-state index contributed by atoms with van der Waals surface area (Å²) in [7, 11) is 0. The second kappa shape index (κ2) is 3.54. The average Bonchev–Trinajstić information content (AvgIpc) is 1.85. The predicted octanol–water partition coefficient (Wildman–Crippen LogP) is 2.28. The monoisotopic (exact) mass is 149 g/mol. The van der Waals surface area contributed by atoms with Crippen LogP contribution >= 0.6 is 0 Å². The van der Waals surface area contributed by atoms with Gasteiger partial charge in [0.15, 0.2) is 0 Å². The quantitative estimate of drug-likeness (QED) is 0.614. The second-order valence-electron chi connectivity index (χ2n) is 2.95. The van der Waals surface area contributed by atoms with E-state index >= 15 is 0 Å². The van der Waals surface area contributed by atoms with Crippen molar-refractivity contribution >= 4 is 0 Å². The Morgan fingerprint density at radius 2 is 1.64 bits per heavy atom. The molecule has 0 fully saturated rings. The highest BCUT2D eigenvalue weighted by molar-refractivity contribution is 5.28. The molecule has 59 valence electrons. The van der Waals surface area contributed by atoms with E-state index in [-0.39, 0.29) is 6.61 Å². The number of aryl methyl sites for hydroxylation is 2. The van der Waals surface area contributed by atoms with Crippen LogP contribution in [0.2, 0.25) is 0 Å². The predicted molar refractivity (Wildman–Crippen MR) is 45.2 cm³/mol. The van der Waals surface area contributed by atoms with Gasteiger partial charge in [-0.2, -0.15) is 0 Å². The molecule has 1 nitrogen and oxygen atoms in total. The van der Waals surface area contributed by atoms with E-state index in [1.54, 1.807) is 0 Å². The van der Waals surface area contributed by atoms with Gasteiger partial charge >= 0.3 is 0 Å². The first-order valence-electron chi connectivity index (χ1n) is 3.87. The molecule has 0 spiro atoms. The van der Waals surface area contributed by atoms with Crippen molar-refractivity contribution in [1.82, 2.24) is 0 Å². The van der Waals surface area contributed by atoms with Crippen LogP contribution in [0.1, 0.15) is 16.7 Å². The largest absolute Gasteiger partial charge is 0.236 e. The van der Waals surface area contributed by atoms with Crippen molar-refractivity contribution in [1.29, 1.82) is 0 Å². The molecule has 0 bridgehead atoms. The lowest BCUT2D eigenvalue weighted by Gasteiger charge is -2.01. The Kier molecular flexibility index (Phi) is 2.66. The SMILES string of the molecule is Cc1cc(C)cc(CC[O])c1. The third-order valence-electron chi connectivity index (χ3n) is 1.67. The molecule has 0 saturated carbocycles. The molecule has 1 aromatic carbocycles. The van der Waals surface area contributed by atoms with E-state index in [4.69, 9.17) is 0 Å². The van der Waals surface area contributed by atoms with Gasteiger partial charge in [0.1, 0.15) is 0 Å². The summed E-state index contributed by atoms with van der Waals surface area (Å²) >= 11 is 0. The van der Waals surface area contributed by atoms with Crippen LogP contribution in [0.25, 0.3) is 0 Å². The number of benzene rings is 1. The molecule has 0 saturated heterocycles. The molecule has 0 N–H and O–H groups in total. The Morgan fingerprint density at radius 3 is 2.09 bits per heavy atom. The normalized spacial score (nSPS) is 10.1. The molecule has 1 rings (SSSR count). The molecule has 0 aliphatic heterocycles. The lowest BCUT2D eigenvalue weighted by molar-refractivity contribution is 0.197. The number of hydrogen-bond donors (Lipinski definition) is 0. The number of rotatable bonds is 2. The smallest absolute Gasteiger partial charge is 0.0862 e. The minimum atomic E-state index is -0.0110. The van der Waals surface area contributed by atoms with Crippen molar-refractivity contribution in [2.75, 3.05) is 6.61 Å². The van der Waals surface area contributed by atoms with E-state index in [9.17, 15) is 5.11 Å². The van der Waals surface area contributed by atoms with Crippen LogP contribution in [-0.4, -0.2) is 6.61 Å². The summed E-state index contributed by atoms with van der Waals surface area (Å²) in [6.07, 6.45) is 0.655. The molecule has 0 aliphatic rings. The zero-order chi connectivity index (χ0) is 8.27. The van der Waals surface area contributed by atoms with E-state index in [0.717, 1.165) is 5.56 Å². The van der Waals surface area contributed by atoms with E-state index in [1.807, 2.05) is 0 Å². The van der Waals surface area contributed by atoms with Crippen LogP contribution < -0.4 is 0 Å². The minimum absolute atomic E-state index is 0.0110. The summed E-state index contributed by atoms with van der Waals surface area (Å²) in [4.78, 5) is 0.